The Bertz CT molecular complexity index is 405. The van der Waals surface area contributed by atoms with E-state index in [0.717, 1.165) is 37.4 Å². The standard InChI is InChI=1S/C13H17N3O/c17-13(10-3-4-10)15-11-5-6-12(14-9-11)16-7-1-2-8-16/h5-6,9-10H,1-4,7-8H2,(H,15,17). The third-order valence-electron chi connectivity index (χ3n) is 3.39. The Morgan fingerprint density at radius 2 is 2.06 bits per heavy atom. The molecule has 1 saturated carbocycles. The molecule has 0 atom stereocenters. The van der Waals surface area contributed by atoms with Gasteiger partial charge >= 0.3 is 0 Å². The van der Waals surface area contributed by atoms with Gasteiger partial charge in [-0.1, -0.05) is 0 Å². The molecule has 2 aliphatic rings. The van der Waals surface area contributed by atoms with E-state index in [1.807, 2.05) is 12.1 Å². The molecule has 1 aromatic rings. The zero-order valence-electron chi connectivity index (χ0n) is 9.85. The molecule has 1 aromatic heterocycles. The van der Waals surface area contributed by atoms with Crippen LogP contribution < -0.4 is 10.2 Å². The molecule has 1 amide bonds. The number of aromatic nitrogens is 1. The van der Waals surface area contributed by atoms with Crippen LogP contribution in [0.4, 0.5) is 11.5 Å². The lowest BCUT2D eigenvalue weighted by molar-refractivity contribution is -0.117. The van der Waals surface area contributed by atoms with Gasteiger partial charge in [-0.3, -0.25) is 4.79 Å². The number of rotatable bonds is 3. The summed E-state index contributed by atoms with van der Waals surface area (Å²) >= 11 is 0. The fraction of sp³-hybridized carbons (Fsp3) is 0.538. The Hall–Kier alpha value is -1.58. The molecule has 1 N–H and O–H groups in total. The maximum atomic E-state index is 11.6. The molecule has 0 spiro atoms. The minimum atomic E-state index is 0.140. The summed E-state index contributed by atoms with van der Waals surface area (Å²) in [5.74, 6) is 1.40. The minimum absolute atomic E-state index is 0.140. The molecular weight excluding hydrogens is 214 g/mol. The normalized spacial score (nSPS) is 19.4. The summed E-state index contributed by atoms with van der Waals surface area (Å²) in [6.45, 7) is 2.20. The van der Waals surface area contributed by atoms with Gasteiger partial charge in [0.05, 0.1) is 11.9 Å². The first kappa shape index (κ1) is 10.6. The smallest absolute Gasteiger partial charge is 0.227 e. The third-order valence-corrected chi connectivity index (χ3v) is 3.39. The van der Waals surface area contributed by atoms with Crippen LogP contribution in [0, 0.1) is 5.92 Å². The maximum absolute atomic E-state index is 11.6. The number of hydrogen-bond donors (Lipinski definition) is 1. The number of carbonyl (C=O) groups excluding carboxylic acids is 1. The number of pyridine rings is 1. The molecule has 90 valence electrons. The molecule has 0 unspecified atom stereocenters. The van der Waals surface area contributed by atoms with Crippen LogP contribution in [-0.2, 0) is 4.79 Å². The van der Waals surface area contributed by atoms with Gasteiger partial charge in [0, 0.05) is 19.0 Å². The topological polar surface area (TPSA) is 45.2 Å². The Morgan fingerprint density at radius 3 is 2.65 bits per heavy atom. The Morgan fingerprint density at radius 1 is 1.29 bits per heavy atom. The van der Waals surface area contributed by atoms with E-state index in [1.54, 1.807) is 6.20 Å². The van der Waals surface area contributed by atoms with Gasteiger partial charge in [0.25, 0.3) is 0 Å². The van der Waals surface area contributed by atoms with Crippen molar-refractivity contribution in [3.8, 4) is 0 Å². The van der Waals surface area contributed by atoms with E-state index in [9.17, 15) is 4.79 Å². The first-order valence-electron chi connectivity index (χ1n) is 6.35. The lowest BCUT2D eigenvalue weighted by Gasteiger charge is -2.16. The largest absolute Gasteiger partial charge is 0.357 e. The van der Waals surface area contributed by atoms with Crippen molar-refractivity contribution >= 4 is 17.4 Å². The van der Waals surface area contributed by atoms with Crippen molar-refractivity contribution in [2.24, 2.45) is 5.92 Å². The third kappa shape index (κ3) is 2.40. The predicted molar refractivity (Wildman–Crippen MR) is 67.0 cm³/mol. The fourth-order valence-electron chi connectivity index (χ4n) is 2.18. The quantitative estimate of drug-likeness (QED) is 0.865. The van der Waals surface area contributed by atoms with E-state index in [2.05, 4.69) is 15.2 Å². The molecule has 4 nitrogen and oxygen atoms in total. The van der Waals surface area contributed by atoms with Crippen LogP contribution >= 0.6 is 0 Å². The van der Waals surface area contributed by atoms with E-state index in [-0.39, 0.29) is 11.8 Å². The van der Waals surface area contributed by atoms with Crippen LogP contribution in [0.5, 0.6) is 0 Å². The minimum Gasteiger partial charge on any atom is -0.357 e. The molecule has 4 heteroatoms. The average Bonchev–Trinajstić information content (AvgIpc) is 3.07. The lowest BCUT2D eigenvalue weighted by atomic mass is 10.3. The van der Waals surface area contributed by atoms with Crippen molar-refractivity contribution in [1.82, 2.24) is 4.98 Å². The van der Waals surface area contributed by atoms with Crippen LogP contribution in [-0.4, -0.2) is 24.0 Å². The Balaban J connectivity index is 1.64. The van der Waals surface area contributed by atoms with Crippen LogP contribution in [0.1, 0.15) is 25.7 Å². The molecule has 0 aromatic carbocycles. The van der Waals surface area contributed by atoms with Crippen molar-refractivity contribution in [1.29, 1.82) is 0 Å². The van der Waals surface area contributed by atoms with Crippen LogP contribution in [0.2, 0.25) is 0 Å². The maximum Gasteiger partial charge on any atom is 0.227 e. The first-order valence-corrected chi connectivity index (χ1v) is 6.35. The molecule has 1 aliphatic heterocycles. The molecule has 1 aliphatic carbocycles. The van der Waals surface area contributed by atoms with Crippen molar-refractivity contribution in [2.45, 2.75) is 25.7 Å². The van der Waals surface area contributed by atoms with E-state index < -0.39 is 0 Å². The summed E-state index contributed by atoms with van der Waals surface area (Å²) in [7, 11) is 0. The molecule has 0 radical (unpaired) electrons. The summed E-state index contributed by atoms with van der Waals surface area (Å²) in [5.41, 5.74) is 0.810. The van der Waals surface area contributed by atoms with Gasteiger partial charge in [-0.15, -0.1) is 0 Å². The second kappa shape index (κ2) is 4.35. The summed E-state index contributed by atoms with van der Waals surface area (Å²) in [4.78, 5) is 18.3. The van der Waals surface area contributed by atoms with Crippen molar-refractivity contribution in [3.05, 3.63) is 18.3 Å². The van der Waals surface area contributed by atoms with Crippen LogP contribution in [0.25, 0.3) is 0 Å². The van der Waals surface area contributed by atoms with Gasteiger partial charge in [0.1, 0.15) is 5.82 Å². The average molecular weight is 231 g/mol. The highest BCUT2D eigenvalue weighted by Crippen LogP contribution is 2.30. The number of nitrogens with zero attached hydrogens (tertiary/aromatic N) is 2. The number of hydrogen-bond acceptors (Lipinski definition) is 3. The number of nitrogens with one attached hydrogen (secondary N) is 1. The number of carbonyl (C=O) groups is 1. The SMILES string of the molecule is O=C(Nc1ccc(N2CCCC2)nc1)C1CC1. The second-order valence-corrected chi connectivity index (χ2v) is 4.86. The summed E-state index contributed by atoms with van der Waals surface area (Å²) in [6.07, 6.45) is 6.33. The summed E-state index contributed by atoms with van der Waals surface area (Å²) in [6, 6.07) is 3.94. The van der Waals surface area contributed by atoms with Crippen LogP contribution in [0.3, 0.4) is 0 Å². The fourth-order valence-corrected chi connectivity index (χ4v) is 2.18. The van der Waals surface area contributed by atoms with Gasteiger partial charge in [0.15, 0.2) is 0 Å². The van der Waals surface area contributed by atoms with Gasteiger partial charge in [-0.25, -0.2) is 4.98 Å². The van der Waals surface area contributed by atoms with Gasteiger partial charge in [-0.05, 0) is 37.8 Å². The van der Waals surface area contributed by atoms with E-state index >= 15 is 0 Å². The molecule has 17 heavy (non-hydrogen) atoms. The Labute approximate surface area is 101 Å². The molecule has 0 bridgehead atoms. The zero-order chi connectivity index (χ0) is 11.7. The summed E-state index contributed by atoms with van der Waals surface area (Å²) < 4.78 is 0. The highest BCUT2D eigenvalue weighted by atomic mass is 16.2. The van der Waals surface area contributed by atoms with Crippen molar-refractivity contribution < 1.29 is 4.79 Å². The van der Waals surface area contributed by atoms with Crippen molar-refractivity contribution in [2.75, 3.05) is 23.3 Å². The predicted octanol–water partition coefficient (Wildman–Crippen LogP) is 2.03. The molecule has 2 heterocycles. The van der Waals surface area contributed by atoms with Gasteiger partial charge < -0.3 is 10.2 Å². The van der Waals surface area contributed by atoms with Crippen LogP contribution in [0.15, 0.2) is 18.3 Å². The molecule has 3 rings (SSSR count). The lowest BCUT2D eigenvalue weighted by Crippen LogP contribution is -2.19. The highest BCUT2D eigenvalue weighted by molar-refractivity contribution is 5.93. The monoisotopic (exact) mass is 231 g/mol. The summed E-state index contributed by atoms with van der Waals surface area (Å²) in [5, 5.41) is 2.90. The first-order chi connectivity index (χ1) is 8.33. The van der Waals surface area contributed by atoms with Gasteiger partial charge in [-0.2, -0.15) is 0 Å². The molecular formula is C13H17N3O. The van der Waals surface area contributed by atoms with Gasteiger partial charge in [0.2, 0.25) is 5.91 Å². The second-order valence-electron chi connectivity index (χ2n) is 4.86. The van der Waals surface area contributed by atoms with E-state index in [4.69, 9.17) is 0 Å². The number of anilines is 2. The number of amides is 1. The van der Waals surface area contributed by atoms with Crippen molar-refractivity contribution in [3.63, 3.8) is 0 Å². The zero-order valence-corrected chi connectivity index (χ0v) is 9.85. The van der Waals surface area contributed by atoms with E-state index in [1.165, 1.54) is 12.8 Å². The molecule has 2 fully saturated rings. The molecule has 1 saturated heterocycles. The van der Waals surface area contributed by atoms with E-state index in [0.29, 0.717) is 0 Å². The highest BCUT2D eigenvalue weighted by Gasteiger charge is 2.29. The Kier molecular flexibility index (Phi) is 2.71.